The van der Waals surface area contributed by atoms with Crippen molar-refractivity contribution < 1.29 is 19.5 Å². The summed E-state index contributed by atoms with van der Waals surface area (Å²) in [6, 6.07) is 31.1. The molecule has 7 rings (SSSR count). The van der Waals surface area contributed by atoms with E-state index in [1.165, 1.54) is 0 Å². The van der Waals surface area contributed by atoms with E-state index in [0.717, 1.165) is 22.0 Å². The second-order valence-electron chi connectivity index (χ2n) is 13.2. The minimum Gasteiger partial charge on any atom is -0.394 e. The van der Waals surface area contributed by atoms with Gasteiger partial charge in [0.2, 0.25) is 11.8 Å². The molecule has 49 heavy (non-hydrogen) atoms. The molecule has 7 atom stereocenters. The van der Waals surface area contributed by atoms with E-state index in [1.807, 2.05) is 103 Å². The molecule has 7 nitrogen and oxygen atoms in total. The number of thioether (sulfide) groups is 1. The van der Waals surface area contributed by atoms with Crippen LogP contribution in [-0.4, -0.2) is 63.5 Å². The van der Waals surface area contributed by atoms with Crippen LogP contribution in [0.4, 0.5) is 11.4 Å². The van der Waals surface area contributed by atoms with Gasteiger partial charge < -0.3 is 19.8 Å². The number of anilines is 2. The summed E-state index contributed by atoms with van der Waals surface area (Å²) in [7, 11) is 0. The van der Waals surface area contributed by atoms with Crippen LogP contribution < -0.4 is 9.80 Å². The summed E-state index contributed by atoms with van der Waals surface area (Å²) in [5.41, 5.74) is 2.18. The van der Waals surface area contributed by atoms with Gasteiger partial charge in [0, 0.05) is 29.7 Å². The number of rotatable bonds is 11. The van der Waals surface area contributed by atoms with Crippen molar-refractivity contribution in [1.82, 2.24) is 4.90 Å². The molecule has 3 aliphatic rings. The van der Waals surface area contributed by atoms with Crippen LogP contribution in [0.25, 0.3) is 10.8 Å². The Bertz CT molecular complexity index is 1900. The first-order valence-electron chi connectivity index (χ1n) is 16.9. The second-order valence-corrected chi connectivity index (χ2v) is 14.8. The summed E-state index contributed by atoms with van der Waals surface area (Å²) in [5, 5.41) is 12.9. The lowest BCUT2D eigenvalue weighted by atomic mass is 9.65. The van der Waals surface area contributed by atoms with E-state index in [0.29, 0.717) is 18.7 Å². The van der Waals surface area contributed by atoms with E-state index in [9.17, 15) is 9.90 Å². The van der Waals surface area contributed by atoms with Crippen molar-refractivity contribution in [3.63, 3.8) is 0 Å². The Kier molecular flexibility index (Phi) is 8.94. The van der Waals surface area contributed by atoms with Crippen LogP contribution in [0.2, 0.25) is 0 Å². The Morgan fingerprint density at radius 2 is 1.49 bits per heavy atom. The zero-order valence-electron chi connectivity index (χ0n) is 27.6. The first kappa shape index (κ1) is 32.9. The molecule has 0 radical (unpaired) electrons. The molecule has 3 unspecified atom stereocenters. The third-order valence-electron chi connectivity index (χ3n) is 10.7. The molecule has 0 saturated carbocycles. The molecule has 1 N–H and O–H groups in total. The van der Waals surface area contributed by atoms with Crippen molar-refractivity contribution in [3.8, 4) is 0 Å². The first-order chi connectivity index (χ1) is 23.8. The number of benzene rings is 4. The predicted octanol–water partition coefficient (Wildman–Crippen LogP) is 6.65. The largest absolute Gasteiger partial charge is 0.394 e. The van der Waals surface area contributed by atoms with Gasteiger partial charge in [-0.1, -0.05) is 97.9 Å². The Morgan fingerprint density at radius 1 is 0.878 bits per heavy atom. The Morgan fingerprint density at radius 3 is 2.14 bits per heavy atom. The predicted molar refractivity (Wildman–Crippen MR) is 197 cm³/mol. The zero-order valence-corrected chi connectivity index (χ0v) is 28.4. The van der Waals surface area contributed by atoms with Crippen molar-refractivity contribution in [2.75, 3.05) is 29.5 Å². The number of likely N-dealkylation sites (tertiary alicyclic amines) is 1. The molecule has 0 aliphatic carbocycles. The van der Waals surface area contributed by atoms with Gasteiger partial charge in [0.25, 0.3) is 5.91 Å². The first-order valence-corrected chi connectivity index (χ1v) is 17.8. The molecule has 3 aliphatic heterocycles. The van der Waals surface area contributed by atoms with E-state index in [-0.39, 0.29) is 42.0 Å². The maximum Gasteiger partial charge on any atom is 0.251 e. The van der Waals surface area contributed by atoms with Crippen molar-refractivity contribution in [1.29, 1.82) is 0 Å². The molecular formula is C41H41N3O4S. The van der Waals surface area contributed by atoms with Crippen LogP contribution in [-0.2, 0) is 14.4 Å². The van der Waals surface area contributed by atoms with Crippen molar-refractivity contribution >= 4 is 51.6 Å². The van der Waals surface area contributed by atoms with Crippen LogP contribution >= 0.6 is 11.8 Å². The van der Waals surface area contributed by atoms with Crippen LogP contribution in [0.5, 0.6) is 0 Å². The number of fused-ring (bicyclic) bond motifs is 2. The number of aliphatic hydroxyl groups excluding tert-OH is 1. The molecule has 4 aromatic carbocycles. The number of carbonyl (C=O) groups excluding carboxylic acids is 3. The van der Waals surface area contributed by atoms with E-state index >= 15 is 9.59 Å². The highest BCUT2D eigenvalue weighted by Crippen LogP contribution is 2.69. The number of para-hydroxylation sites is 1. The average molecular weight is 672 g/mol. The summed E-state index contributed by atoms with van der Waals surface area (Å²) in [5.74, 6) is -2.06. The number of aliphatic hydroxyl groups is 1. The summed E-state index contributed by atoms with van der Waals surface area (Å²) in [6.07, 6.45) is 4.10. The molecule has 0 aromatic heterocycles. The van der Waals surface area contributed by atoms with Crippen molar-refractivity contribution in [2.24, 2.45) is 17.8 Å². The summed E-state index contributed by atoms with van der Waals surface area (Å²) < 4.78 is -0.881. The SMILES string of the molecule is C=CCN(C(=O)C1N([C@H](CO)c2ccccc2)C(=O)[C@@H]2[C@@H](C(=O)N(CC=C)c3ccccc3)[C@H]3CC(C)C12S3)c1ccc2ccccc2c1. The molecule has 4 aromatic rings. The molecule has 3 heterocycles. The topological polar surface area (TPSA) is 81.2 Å². The highest BCUT2D eigenvalue weighted by molar-refractivity contribution is 8.02. The van der Waals surface area contributed by atoms with E-state index < -0.39 is 28.7 Å². The lowest BCUT2D eigenvalue weighted by molar-refractivity contribution is -0.142. The molecule has 3 saturated heterocycles. The molecule has 3 amide bonds. The van der Waals surface area contributed by atoms with Crippen LogP contribution in [0, 0.1) is 17.8 Å². The third-order valence-corrected chi connectivity index (χ3v) is 12.7. The Hall–Kier alpha value is -4.66. The fourth-order valence-electron chi connectivity index (χ4n) is 8.57. The van der Waals surface area contributed by atoms with Crippen molar-refractivity contribution in [3.05, 3.63) is 134 Å². The lowest BCUT2D eigenvalue weighted by Gasteiger charge is -2.42. The van der Waals surface area contributed by atoms with Crippen LogP contribution in [0.1, 0.15) is 24.9 Å². The number of hydrogen-bond donors (Lipinski definition) is 1. The maximum absolute atomic E-state index is 15.4. The highest BCUT2D eigenvalue weighted by Gasteiger charge is 2.77. The van der Waals surface area contributed by atoms with Gasteiger partial charge in [0.05, 0.1) is 29.2 Å². The highest BCUT2D eigenvalue weighted by atomic mass is 32.2. The number of amides is 3. The Balaban J connectivity index is 1.37. The molecule has 1 spiro atoms. The second kappa shape index (κ2) is 13.3. The van der Waals surface area contributed by atoms with Gasteiger partial charge in [0.15, 0.2) is 0 Å². The molecular weight excluding hydrogens is 631 g/mol. The minimum atomic E-state index is -0.929. The fraction of sp³-hybridized carbons (Fsp3) is 0.293. The smallest absolute Gasteiger partial charge is 0.251 e. The van der Waals surface area contributed by atoms with Gasteiger partial charge in [-0.2, -0.15) is 0 Å². The van der Waals surface area contributed by atoms with Crippen molar-refractivity contribution in [2.45, 2.75) is 35.4 Å². The average Bonchev–Trinajstić information content (AvgIpc) is 3.73. The quantitative estimate of drug-likeness (QED) is 0.181. The summed E-state index contributed by atoms with van der Waals surface area (Å²) in [4.78, 5) is 50.3. The van der Waals surface area contributed by atoms with Gasteiger partial charge >= 0.3 is 0 Å². The summed E-state index contributed by atoms with van der Waals surface area (Å²) >= 11 is 1.63. The fourth-order valence-corrected chi connectivity index (χ4v) is 11.0. The number of nitrogens with zero attached hydrogens (tertiary/aromatic N) is 3. The number of carbonyl (C=O) groups is 3. The molecule has 250 valence electrons. The van der Waals surface area contributed by atoms with E-state index in [4.69, 9.17) is 0 Å². The lowest BCUT2D eigenvalue weighted by Crippen LogP contribution is -2.58. The molecule has 3 fully saturated rings. The van der Waals surface area contributed by atoms with E-state index in [1.54, 1.807) is 38.6 Å². The maximum atomic E-state index is 15.4. The van der Waals surface area contributed by atoms with Crippen LogP contribution in [0.3, 0.4) is 0 Å². The standard InChI is InChI=1S/C41H41N3O4S/c1-4-22-42(31-18-10-7-11-19-31)38(46)35-34-24-27(3)41(49-34)36(35)39(47)44(33(26-45)29-15-8-6-9-16-29)37(41)40(48)43(23-5-2)32-21-20-28-14-12-13-17-30(28)25-32/h4-21,25,27,33-37,45H,1-2,22-24,26H2,3H3/t27?,33-,34-,35+,36+,37?,41?/m1/s1. The van der Waals surface area contributed by atoms with Crippen LogP contribution in [0.15, 0.2) is 128 Å². The normalized spacial score (nSPS) is 26.0. The van der Waals surface area contributed by atoms with Gasteiger partial charge in [-0.3, -0.25) is 14.4 Å². The van der Waals surface area contributed by atoms with E-state index in [2.05, 4.69) is 20.1 Å². The van der Waals surface area contributed by atoms with Gasteiger partial charge in [-0.25, -0.2) is 0 Å². The Labute approximate surface area is 291 Å². The van der Waals surface area contributed by atoms with Gasteiger partial charge in [-0.05, 0) is 52.9 Å². The monoisotopic (exact) mass is 671 g/mol. The molecule has 8 heteroatoms. The van der Waals surface area contributed by atoms with Gasteiger partial charge in [-0.15, -0.1) is 24.9 Å². The third kappa shape index (κ3) is 5.29. The zero-order chi connectivity index (χ0) is 34.3. The van der Waals surface area contributed by atoms with Gasteiger partial charge in [0.1, 0.15) is 6.04 Å². The summed E-state index contributed by atoms with van der Waals surface area (Å²) in [6.45, 7) is 10.2. The molecule has 2 bridgehead atoms. The number of hydrogen-bond acceptors (Lipinski definition) is 5. The minimum absolute atomic E-state index is 0.0404.